The minimum atomic E-state index is -1.24. The summed E-state index contributed by atoms with van der Waals surface area (Å²) < 4.78 is 14.2. The lowest BCUT2D eigenvalue weighted by Crippen LogP contribution is -2.60. The second-order valence-corrected chi connectivity index (χ2v) is 12.0. The summed E-state index contributed by atoms with van der Waals surface area (Å²) in [5.41, 5.74) is -0.690. The van der Waals surface area contributed by atoms with Crippen molar-refractivity contribution in [1.29, 1.82) is 0 Å². The Balaban J connectivity index is 1.59. The Morgan fingerprint density at radius 2 is 2.02 bits per heavy atom. The van der Waals surface area contributed by atoms with Crippen LogP contribution in [0.1, 0.15) is 52.9 Å². The van der Waals surface area contributed by atoms with E-state index in [1.165, 1.54) is 4.90 Å². The van der Waals surface area contributed by atoms with Gasteiger partial charge in [0.15, 0.2) is 0 Å². The number of nitrogens with zero attached hydrogens (tertiary/aromatic N) is 5. The lowest BCUT2D eigenvalue weighted by atomic mass is 9.65. The molecule has 2 bridgehead atoms. The van der Waals surface area contributed by atoms with Crippen LogP contribution in [0, 0.1) is 17.8 Å². The van der Waals surface area contributed by atoms with E-state index in [0.29, 0.717) is 37.6 Å². The lowest BCUT2D eigenvalue weighted by Gasteiger charge is -2.41. The maximum atomic E-state index is 14.8. The minimum absolute atomic E-state index is 0.0731. The number of aliphatic hydroxyl groups is 1. The SMILES string of the molecule is C=CCCOC(=O)[C@H]1[C@H]2C(=O)N([C@@H](CO)[C@@H](C)CC)C(C(=O)N(CC=C)Cn3nnc4ccccc43)C23CC[C@]1(CC)O3. The predicted octanol–water partition coefficient (Wildman–Crippen LogP) is 3.08. The van der Waals surface area contributed by atoms with Gasteiger partial charge in [0.05, 0.1) is 36.3 Å². The van der Waals surface area contributed by atoms with Crippen molar-refractivity contribution in [2.24, 2.45) is 17.8 Å². The van der Waals surface area contributed by atoms with Gasteiger partial charge in [-0.25, -0.2) is 4.68 Å². The molecule has 1 aromatic heterocycles. The molecule has 1 N–H and O–H groups in total. The van der Waals surface area contributed by atoms with E-state index in [-0.39, 0.29) is 44.2 Å². The summed E-state index contributed by atoms with van der Waals surface area (Å²) in [6, 6.07) is 5.79. The minimum Gasteiger partial charge on any atom is -0.465 e. The Morgan fingerprint density at radius 3 is 2.70 bits per heavy atom. The zero-order valence-electron chi connectivity index (χ0n) is 25.4. The molecule has 1 spiro atoms. The number of amides is 2. The van der Waals surface area contributed by atoms with Crippen LogP contribution in [-0.4, -0.2) is 90.7 Å². The molecule has 0 saturated carbocycles. The smallest absolute Gasteiger partial charge is 0.312 e. The fourth-order valence-electron chi connectivity index (χ4n) is 7.53. The Bertz CT molecular complexity index is 1390. The predicted molar refractivity (Wildman–Crippen MR) is 159 cm³/mol. The van der Waals surface area contributed by atoms with E-state index in [2.05, 4.69) is 23.5 Å². The van der Waals surface area contributed by atoms with Gasteiger partial charge >= 0.3 is 5.97 Å². The van der Waals surface area contributed by atoms with Crippen LogP contribution < -0.4 is 0 Å². The molecule has 7 atom stereocenters. The number of aromatic nitrogens is 3. The third kappa shape index (κ3) is 4.86. The molecule has 232 valence electrons. The number of carbonyl (C=O) groups excluding carboxylic acids is 3. The summed E-state index contributed by atoms with van der Waals surface area (Å²) >= 11 is 0. The van der Waals surface area contributed by atoms with Gasteiger partial charge in [0.25, 0.3) is 0 Å². The van der Waals surface area contributed by atoms with E-state index in [0.717, 1.165) is 5.52 Å². The van der Waals surface area contributed by atoms with Gasteiger partial charge in [-0.15, -0.1) is 18.3 Å². The number of carbonyl (C=O) groups is 3. The van der Waals surface area contributed by atoms with Crippen molar-refractivity contribution in [2.75, 3.05) is 19.8 Å². The van der Waals surface area contributed by atoms with Gasteiger partial charge in [-0.1, -0.05) is 56.7 Å². The number of ether oxygens (including phenoxy) is 2. The topological polar surface area (TPSA) is 127 Å². The van der Waals surface area contributed by atoms with Crippen LogP contribution >= 0.6 is 0 Å². The molecule has 0 aliphatic carbocycles. The first kappa shape index (κ1) is 30.9. The molecule has 3 aliphatic heterocycles. The largest absolute Gasteiger partial charge is 0.465 e. The molecular formula is C32H43N5O6. The summed E-state index contributed by atoms with van der Waals surface area (Å²) in [6.45, 7) is 13.5. The Morgan fingerprint density at radius 1 is 1.26 bits per heavy atom. The molecule has 43 heavy (non-hydrogen) atoms. The summed E-state index contributed by atoms with van der Waals surface area (Å²) in [5.74, 6) is -3.04. The van der Waals surface area contributed by atoms with Gasteiger partial charge in [0.2, 0.25) is 11.8 Å². The number of fused-ring (bicyclic) bond motifs is 2. The molecule has 0 radical (unpaired) electrons. The standard InChI is InChI=1S/C32H43N5O6/c1-6-10-18-42-30(41)26-25-28(39)37(24(19-38)21(5)8-3)27(32(25)16-15-31(26,9-4)43-32)29(40)35(17-7-2)20-36-23-14-12-11-13-22(23)33-34-36/h6-7,11-14,21,24-27,38H,1-2,8-10,15-20H2,3-5H3/t21-,24-,25-,26+,27?,31-,32?/m0/s1. The number of hydrogen-bond acceptors (Lipinski definition) is 8. The van der Waals surface area contributed by atoms with Crippen molar-refractivity contribution in [1.82, 2.24) is 24.8 Å². The van der Waals surface area contributed by atoms with Crippen LogP contribution in [0.25, 0.3) is 11.0 Å². The van der Waals surface area contributed by atoms with E-state index in [4.69, 9.17) is 9.47 Å². The highest BCUT2D eigenvalue weighted by molar-refractivity contribution is 5.98. The molecular weight excluding hydrogens is 550 g/mol. The Hall–Kier alpha value is -3.57. The average molecular weight is 594 g/mol. The van der Waals surface area contributed by atoms with E-state index in [1.807, 2.05) is 45.0 Å². The van der Waals surface area contributed by atoms with Crippen LogP contribution in [0.3, 0.4) is 0 Å². The number of likely N-dealkylation sites (tertiary alicyclic amines) is 1. The van der Waals surface area contributed by atoms with E-state index in [1.54, 1.807) is 21.7 Å². The molecule has 3 saturated heterocycles. The monoisotopic (exact) mass is 593 g/mol. The highest BCUT2D eigenvalue weighted by Gasteiger charge is 2.79. The van der Waals surface area contributed by atoms with Crippen LogP contribution in [0.4, 0.5) is 0 Å². The number of hydrogen-bond donors (Lipinski definition) is 1. The van der Waals surface area contributed by atoms with Gasteiger partial charge in [-0.3, -0.25) is 14.4 Å². The Kier molecular flexibility index (Phi) is 8.76. The fraction of sp³-hybridized carbons (Fsp3) is 0.594. The number of rotatable bonds is 14. The first-order valence-corrected chi connectivity index (χ1v) is 15.3. The summed E-state index contributed by atoms with van der Waals surface area (Å²) in [7, 11) is 0. The lowest BCUT2D eigenvalue weighted by molar-refractivity contribution is -0.164. The molecule has 1 aromatic carbocycles. The first-order chi connectivity index (χ1) is 20.7. The second kappa shape index (κ2) is 12.2. The third-order valence-electron chi connectivity index (χ3n) is 9.90. The third-order valence-corrected chi connectivity index (χ3v) is 9.90. The molecule has 5 rings (SSSR count). The fourth-order valence-corrected chi connectivity index (χ4v) is 7.53. The second-order valence-electron chi connectivity index (χ2n) is 12.0. The number of benzene rings is 1. The van der Waals surface area contributed by atoms with Crippen molar-refractivity contribution in [3.05, 3.63) is 49.6 Å². The van der Waals surface area contributed by atoms with Gasteiger partial charge in [-0.2, -0.15) is 0 Å². The van der Waals surface area contributed by atoms with Gasteiger partial charge in [0.1, 0.15) is 29.7 Å². The quantitative estimate of drug-likeness (QED) is 0.201. The van der Waals surface area contributed by atoms with E-state index in [9.17, 15) is 19.5 Å². The molecule has 11 heteroatoms. The van der Waals surface area contributed by atoms with Crippen molar-refractivity contribution in [3.8, 4) is 0 Å². The van der Waals surface area contributed by atoms with Crippen LogP contribution in [0.5, 0.6) is 0 Å². The highest BCUT2D eigenvalue weighted by atomic mass is 16.6. The zero-order valence-corrected chi connectivity index (χ0v) is 25.4. The van der Waals surface area contributed by atoms with Gasteiger partial charge in [-0.05, 0) is 43.7 Å². The zero-order chi connectivity index (χ0) is 30.9. The first-order valence-electron chi connectivity index (χ1n) is 15.3. The van der Waals surface area contributed by atoms with E-state index >= 15 is 0 Å². The van der Waals surface area contributed by atoms with Crippen LogP contribution in [0.15, 0.2) is 49.6 Å². The average Bonchev–Trinajstić information content (AvgIpc) is 3.74. The van der Waals surface area contributed by atoms with Crippen LogP contribution in [0.2, 0.25) is 0 Å². The van der Waals surface area contributed by atoms with Crippen LogP contribution in [-0.2, 0) is 30.5 Å². The van der Waals surface area contributed by atoms with Gasteiger partial charge < -0.3 is 24.4 Å². The number of aliphatic hydroxyl groups excluding tert-OH is 1. The molecule has 2 aromatic rings. The summed E-state index contributed by atoms with van der Waals surface area (Å²) in [4.78, 5) is 46.2. The molecule has 2 amide bonds. The van der Waals surface area contributed by atoms with Crippen molar-refractivity contribution < 1.29 is 29.0 Å². The normalized spacial score (nSPS) is 29.0. The Labute approximate surface area is 252 Å². The van der Waals surface area contributed by atoms with Crippen molar-refractivity contribution in [2.45, 2.75) is 82.8 Å². The molecule has 2 unspecified atom stereocenters. The molecule has 11 nitrogen and oxygen atoms in total. The van der Waals surface area contributed by atoms with Gasteiger partial charge in [0, 0.05) is 6.54 Å². The number of esters is 1. The summed E-state index contributed by atoms with van der Waals surface area (Å²) in [5, 5.41) is 19.1. The maximum absolute atomic E-state index is 14.8. The number of para-hydroxylation sites is 1. The van der Waals surface area contributed by atoms with Crippen molar-refractivity contribution >= 4 is 28.8 Å². The highest BCUT2D eigenvalue weighted by Crippen LogP contribution is 2.65. The summed E-state index contributed by atoms with van der Waals surface area (Å²) in [6.07, 6.45) is 5.93. The maximum Gasteiger partial charge on any atom is 0.312 e. The molecule has 3 aliphatic rings. The van der Waals surface area contributed by atoms with Crippen molar-refractivity contribution in [3.63, 3.8) is 0 Å². The molecule has 3 fully saturated rings. The van der Waals surface area contributed by atoms with E-state index < -0.39 is 41.1 Å². The molecule has 4 heterocycles.